The standard InChI is InChI=1S/C13H19ClN2O/c1-10-7-16(13(9-17)6-15-10)8-11-3-2-4-12(14)5-11/h2-5,10,13,15,17H,6-9H2,1H3. The molecule has 0 radical (unpaired) electrons. The summed E-state index contributed by atoms with van der Waals surface area (Å²) in [5, 5.41) is 13.5. The number of halogens is 1. The molecule has 0 aliphatic carbocycles. The zero-order valence-corrected chi connectivity index (χ0v) is 10.8. The summed E-state index contributed by atoms with van der Waals surface area (Å²) in [6.45, 7) is 5.01. The highest BCUT2D eigenvalue weighted by Crippen LogP contribution is 2.16. The third-order valence-electron chi connectivity index (χ3n) is 3.21. The number of aliphatic hydroxyl groups excluding tert-OH is 1. The van der Waals surface area contributed by atoms with Crippen molar-refractivity contribution in [3.8, 4) is 0 Å². The highest BCUT2D eigenvalue weighted by molar-refractivity contribution is 6.30. The first-order chi connectivity index (χ1) is 8.19. The second kappa shape index (κ2) is 5.83. The van der Waals surface area contributed by atoms with Gasteiger partial charge in [0.2, 0.25) is 0 Å². The number of aliphatic hydroxyl groups is 1. The first-order valence-corrected chi connectivity index (χ1v) is 6.39. The number of hydrogen-bond acceptors (Lipinski definition) is 3. The molecule has 1 heterocycles. The summed E-state index contributed by atoms with van der Waals surface area (Å²) in [6.07, 6.45) is 0. The van der Waals surface area contributed by atoms with Crippen molar-refractivity contribution in [2.24, 2.45) is 0 Å². The van der Waals surface area contributed by atoms with Gasteiger partial charge in [0.15, 0.2) is 0 Å². The van der Waals surface area contributed by atoms with E-state index < -0.39 is 0 Å². The lowest BCUT2D eigenvalue weighted by atomic mass is 10.1. The molecule has 3 nitrogen and oxygen atoms in total. The van der Waals surface area contributed by atoms with Crippen LogP contribution in [0.25, 0.3) is 0 Å². The second-order valence-electron chi connectivity index (χ2n) is 4.71. The lowest BCUT2D eigenvalue weighted by molar-refractivity contribution is 0.0781. The number of benzene rings is 1. The summed E-state index contributed by atoms with van der Waals surface area (Å²) in [5.41, 5.74) is 1.20. The molecular weight excluding hydrogens is 236 g/mol. The number of hydrogen-bond donors (Lipinski definition) is 2. The molecule has 17 heavy (non-hydrogen) atoms. The molecule has 1 fully saturated rings. The van der Waals surface area contributed by atoms with Crippen molar-refractivity contribution in [3.63, 3.8) is 0 Å². The predicted octanol–water partition coefficient (Wildman–Crippen LogP) is 1.49. The Balaban J connectivity index is 2.04. The molecule has 94 valence electrons. The Morgan fingerprint density at radius 3 is 3.06 bits per heavy atom. The van der Waals surface area contributed by atoms with Crippen LogP contribution in [-0.2, 0) is 6.54 Å². The average Bonchev–Trinajstić information content (AvgIpc) is 2.29. The Bertz CT molecular complexity index is 372. The Morgan fingerprint density at radius 2 is 2.35 bits per heavy atom. The Morgan fingerprint density at radius 1 is 1.53 bits per heavy atom. The Hall–Kier alpha value is -0.610. The largest absolute Gasteiger partial charge is 0.395 e. The summed E-state index contributed by atoms with van der Waals surface area (Å²) < 4.78 is 0. The van der Waals surface area contributed by atoms with E-state index >= 15 is 0 Å². The van der Waals surface area contributed by atoms with Crippen molar-refractivity contribution in [1.82, 2.24) is 10.2 Å². The van der Waals surface area contributed by atoms with Crippen LogP contribution in [0.15, 0.2) is 24.3 Å². The average molecular weight is 255 g/mol. The maximum Gasteiger partial charge on any atom is 0.0599 e. The van der Waals surface area contributed by atoms with Gasteiger partial charge in [-0.05, 0) is 24.6 Å². The van der Waals surface area contributed by atoms with Gasteiger partial charge in [-0.3, -0.25) is 4.90 Å². The van der Waals surface area contributed by atoms with Crippen LogP contribution in [-0.4, -0.2) is 41.8 Å². The predicted molar refractivity (Wildman–Crippen MR) is 70.2 cm³/mol. The molecule has 0 aromatic heterocycles. The molecule has 0 spiro atoms. The van der Waals surface area contributed by atoms with Crippen LogP contribution < -0.4 is 5.32 Å². The summed E-state index contributed by atoms with van der Waals surface area (Å²) in [5.74, 6) is 0. The second-order valence-corrected chi connectivity index (χ2v) is 5.14. The van der Waals surface area contributed by atoms with E-state index in [0.29, 0.717) is 6.04 Å². The van der Waals surface area contributed by atoms with Crippen LogP contribution in [0, 0.1) is 0 Å². The monoisotopic (exact) mass is 254 g/mol. The minimum Gasteiger partial charge on any atom is -0.395 e. The van der Waals surface area contributed by atoms with E-state index in [1.807, 2.05) is 18.2 Å². The minimum atomic E-state index is 0.195. The molecule has 1 aliphatic rings. The van der Waals surface area contributed by atoms with Crippen molar-refractivity contribution < 1.29 is 5.11 Å². The van der Waals surface area contributed by atoms with Gasteiger partial charge >= 0.3 is 0 Å². The van der Waals surface area contributed by atoms with Gasteiger partial charge in [-0.15, -0.1) is 0 Å². The molecule has 2 rings (SSSR count). The lowest BCUT2D eigenvalue weighted by Gasteiger charge is -2.38. The molecule has 0 saturated carbocycles. The van der Waals surface area contributed by atoms with Gasteiger partial charge in [-0.2, -0.15) is 0 Å². The molecule has 1 aromatic carbocycles. The molecular formula is C13H19ClN2O. The van der Waals surface area contributed by atoms with Crippen molar-refractivity contribution in [3.05, 3.63) is 34.9 Å². The van der Waals surface area contributed by atoms with Gasteiger partial charge < -0.3 is 10.4 Å². The van der Waals surface area contributed by atoms with E-state index in [1.54, 1.807) is 0 Å². The molecule has 1 saturated heterocycles. The fraction of sp³-hybridized carbons (Fsp3) is 0.538. The van der Waals surface area contributed by atoms with E-state index in [2.05, 4.69) is 23.2 Å². The van der Waals surface area contributed by atoms with Gasteiger partial charge in [-0.25, -0.2) is 0 Å². The van der Waals surface area contributed by atoms with Crippen molar-refractivity contribution >= 4 is 11.6 Å². The maximum atomic E-state index is 9.37. The topological polar surface area (TPSA) is 35.5 Å². The fourth-order valence-corrected chi connectivity index (χ4v) is 2.49. The molecule has 0 amide bonds. The Kier molecular flexibility index (Phi) is 4.40. The first-order valence-electron chi connectivity index (χ1n) is 6.02. The van der Waals surface area contributed by atoms with Gasteiger partial charge in [0.05, 0.1) is 6.61 Å². The Labute approximate surface area is 107 Å². The molecule has 2 N–H and O–H groups in total. The quantitative estimate of drug-likeness (QED) is 0.858. The highest BCUT2D eigenvalue weighted by Gasteiger charge is 2.24. The summed E-state index contributed by atoms with van der Waals surface area (Å²) in [4.78, 5) is 2.31. The van der Waals surface area contributed by atoms with E-state index in [1.165, 1.54) is 5.56 Å². The zero-order valence-electron chi connectivity index (χ0n) is 10.1. The van der Waals surface area contributed by atoms with Crippen LogP contribution >= 0.6 is 11.6 Å². The number of piperazine rings is 1. The molecule has 0 bridgehead atoms. The molecule has 4 heteroatoms. The molecule has 2 unspecified atom stereocenters. The van der Waals surface area contributed by atoms with E-state index in [0.717, 1.165) is 24.7 Å². The van der Waals surface area contributed by atoms with E-state index in [-0.39, 0.29) is 12.6 Å². The zero-order chi connectivity index (χ0) is 12.3. The smallest absolute Gasteiger partial charge is 0.0599 e. The van der Waals surface area contributed by atoms with Crippen LogP contribution in [0.1, 0.15) is 12.5 Å². The first kappa shape index (κ1) is 12.8. The van der Waals surface area contributed by atoms with Crippen LogP contribution in [0.5, 0.6) is 0 Å². The third kappa shape index (κ3) is 3.42. The highest BCUT2D eigenvalue weighted by atomic mass is 35.5. The number of nitrogens with one attached hydrogen (secondary N) is 1. The van der Waals surface area contributed by atoms with Crippen molar-refractivity contribution in [2.75, 3.05) is 19.7 Å². The van der Waals surface area contributed by atoms with E-state index in [9.17, 15) is 5.11 Å². The van der Waals surface area contributed by atoms with Gasteiger partial charge in [0, 0.05) is 36.7 Å². The van der Waals surface area contributed by atoms with Crippen molar-refractivity contribution in [1.29, 1.82) is 0 Å². The molecule has 1 aromatic rings. The lowest BCUT2D eigenvalue weighted by Crippen LogP contribution is -2.56. The molecule has 2 atom stereocenters. The van der Waals surface area contributed by atoms with E-state index in [4.69, 9.17) is 11.6 Å². The van der Waals surface area contributed by atoms with Gasteiger partial charge in [0.1, 0.15) is 0 Å². The molecule has 1 aliphatic heterocycles. The summed E-state index contributed by atoms with van der Waals surface area (Å²) >= 11 is 5.98. The van der Waals surface area contributed by atoms with Gasteiger partial charge in [0.25, 0.3) is 0 Å². The van der Waals surface area contributed by atoms with Gasteiger partial charge in [-0.1, -0.05) is 23.7 Å². The minimum absolute atomic E-state index is 0.195. The van der Waals surface area contributed by atoms with Crippen LogP contribution in [0.3, 0.4) is 0 Å². The number of rotatable bonds is 3. The van der Waals surface area contributed by atoms with Crippen LogP contribution in [0.4, 0.5) is 0 Å². The normalized spacial score (nSPS) is 26.1. The van der Waals surface area contributed by atoms with Crippen molar-refractivity contribution in [2.45, 2.75) is 25.6 Å². The number of nitrogens with zero attached hydrogens (tertiary/aromatic N) is 1. The summed E-state index contributed by atoms with van der Waals surface area (Å²) in [7, 11) is 0. The maximum absolute atomic E-state index is 9.37. The third-order valence-corrected chi connectivity index (χ3v) is 3.45. The summed E-state index contributed by atoms with van der Waals surface area (Å²) in [6, 6.07) is 8.59. The fourth-order valence-electron chi connectivity index (χ4n) is 2.28. The SMILES string of the molecule is CC1CN(Cc2cccc(Cl)c2)C(CO)CN1. The van der Waals surface area contributed by atoms with Crippen LogP contribution in [0.2, 0.25) is 5.02 Å².